The molecule has 0 radical (unpaired) electrons. The van der Waals surface area contributed by atoms with Crippen LogP contribution in [0.25, 0.3) is 0 Å². The van der Waals surface area contributed by atoms with Gasteiger partial charge in [0.05, 0.1) is 0 Å². The highest BCUT2D eigenvalue weighted by atomic mass is 15.2. The molecular formula is C18H22N2. The number of rotatable bonds is 5. The van der Waals surface area contributed by atoms with E-state index in [0.717, 1.165) is 26.2 Å². The van der Waals surface area contributed by atoms with Crippen molar-refractivity contribution in [3.63, 3.8) is 0 Å². The van der Waals surface area contributed by atoms with Gasteiger partial charge in [0.25, 0.3) is 0 Å². The molecule has 1 aliphatic heterocycles. The third kappa shape index (κ3) is 2.70. The van der Waals surface area contributed by atoms with E-state index in [1.165, 1.54) is 16.8 Å². The van der Waals surface area contributed by atoms with Gasteiger partial charge in [-0.3, -0.25) is 0 Å². The van der Waals surface area contributed by atoms with Crippen molar-refractivity contribution in [3.05, 3.63) is 65.7 Å². The molecule has 0 unspecified atom stereocenters. The van der Waals surface area contributed by atoms with Crippen LogP contribution in [0.1, 0.15) is 24.0 Å². The second-order valence-electron chi connectivity index (χ2n) is 5.42. The smallest absolute Gasteiger partial charge is 0.0412 e. The molecule has 1 fully saturated rings. The summed E-state index contributed by atoms with van der Waals surface area (Å²) in [7, 11) is 0. The maximum atomic E-state index is 3.42. The highest BCUT2D eigenvalue weighted by Gasteiger charge is 2.28. The maximum absolute atomic E-state index is 3.42. The fourth-order valence-electron chi connectivity index (χ4n) is 2.84. The van der Waals surface area contributed by atoms with Crippen LogP contribution in [0.15, 0.2) is 54.6 Å². The normalized spacial score (nSPS) is 15.2. The van der Waals surface area contributed by atoms with E-state index in [4.69, 9.17) is 0 Å². The topological polar surface area (TPSA) is 15.3 Å². The fraction of sp³-hybridized carbons (Fsp3) is 0.333. The Morgan fingerprint density at radius 3 is 2.45 bits per heavy atom. The van der Waals surface area contributed by atoms with E-state index in [1.54, 1.807) is 0 Å². The van der Waals surface area contributed by atoms with Crippen molar-refractivity contribution < 1.29 is 0 Å². The summed E-state index contributed by atoms with van der Waals surface area (Å²) in [5.74, 6) is 0.684. The molecule has 0 aromatic heterocycles. The molecule has 1 aliphatic rings. The Bertz CT molecular complexity index is 544. The van der Waals surface area contributed by atoms with Crippen LogP contribution in [-0.4, -0.2) is 19.6 Å². The molecule has 2 heteroatoms. The summed E-state index contributed by atoms with van der Waals surface area (Å²) in [6.07, 6.45) is 0. The van der Waals surface area contributed by atoms with Crippen molar-refractivity contribution in [2.75, 3.05) is 24.5 Å². The monoisotopic (exact) mass is 266 g/mol. The zero-order valence-electron chi connectivity index (χ0n) is 12.0. The summed E-state index contributed by atoms with van der Waals surface area (Å²) in [6.45, 7) is 6.39. The quantitative estimate of drug-likeness (QED) is 0.892. The van der Waals surface area contributed by atoms with Crippen LogP contribution in [-0.2, 0) is 6.54 Å². The summed E-state index contributed by atoms with van der Waals surface area (Å²) in [5.41, 5.74) is 4.26. The minimum Gasteiger partial charge on any atom is -0.370 e. The SMILES string of the molecule is CCNCc1ccccc1N1CC(c2ccccc2)C1. The number of nitrogens with one attached hydrogen (secondary N) is 1. The average Bonchev–Trinajstić information content (AvgIpc) is 2.46. The lowest BCUT2D eigenvalue weighted by atomic mass is 9.90. The average molecular weight is 266 g/mol. The molecule has 0 atom stereocenters. The van der Waals surface area contributed by atoms with Crippen LogP contribution < -0.4 is 10.2 Å². The van der Waals surface area contributed by atoms with Crippen LogP contribution in [0.2, 0.25) is 0 Å². The van der Waals surface area contributed by atoms with Gasteiger partial charge in [0.2, 0.25) is 0 Å². The molecule has 2 nitrogen and oxygen atoms in total. The van der Waals surface area contributed by atoms with Crippen molar-refractivity contribution in [3.8, 4) is 0 Å². The van der Waals surface area contributed by atoms with Crippen molar-refractivity contribution in [2.24, 2.45) is 0 Å². The molecule has 1 heterocycles. The summed E-state index contributed by atoms with van der Waals surface area (Å²) in [6, 6.07) is 19.6. The van der Waals surface area contributed by atoms with E-state index in [1.807, 2.05) is 0 Å². The summed E-state index contributed by atoms with van der Waals surface area (Å²) >= 11 is 0. The van der Waals surface area contributed by atoms with Gasteiger partial charge in [-0.2, -0.15) is 0 Å². The Balaban J connectivity index is 1.68. The van der Waals surface area contributed by atoms with Crippen LogP contribution in [0.3, 0.4) is 0 Å². The van der Waals surface area contributed by atoms with Gasteiger partial charge in [-0.1, -0.05) is 55.5 Å². The van der Waals surface area contributed by atoms with E-state index in [2.05, 4.69) is 71.7 Å². The lowest BCUT2D eigenvalue weighted by molar-refractivity contribution is 0.522. The van der Waals surface area contributed by atoms with Gasteiger partial charge in [0.1, 0.15) is 0 Å². The summed E-state index contributed by atoms with van der Waals surface area (Å²) < 4.78 is 0. The maximum Gasteiger partial charge on any atom is 0.0412 e. The minimum absolute atomic E-state index is 0.684. The van der Waals surface area contributed by atoms with Gasteiger partial charge < -0.3 is 10.2 Å². The number of para-hydroxylation sites is 1. The first-order valence-electron chi connectivity index (χ1n) is 7.47. The Kier molecular flexibility index (Phi) is 4.03. The number of anilines is 1. The van der Waals surface area contributed by atoms with Crippen LogP contribution in [0, 0.1) is 0 Å². The third-order valence-electron chi connectivity index (χ3n) is 4.05. The van der Waals surface area contributed by atoms with Crippen molar-refractivity contribution in [2.45, 2.75) is 19.4 Å². The molecule has 1 saturated heterocycles. The molecule has 0 spiro atoms. The minimum atomic E-state index is 0.684. The predicted molar refractivity (Wildman–Crippen MR) is 85.2 cm³/mol. The fourth-order valence-corrected chi connectivity index (χ4v) is 2.84. The zero-order valence-corrected chi connectivity index (χ0v) is 12.0. The molecule has 0 amide bonds. The largest absolute Gasteiger partial charge is 0.370 e. The van der Waals surface area contributed by atoms with E-state index in [9.17, 15) is 0 Å². The van der Waals surface area contributed by atoms with Gasteiger partial charge in [0, 0.05) is 31.2 Å². The van der Waals surface area contributed by atoms with Gasteiger partial charge in [-0.15, -0.1) is 0 Å². The standard InChI is InChI=1S/C18H22N2/c1-2-19-12-16-10-6-7-11-18(16)20-13-17(14-20)15-8-4-3-5-9-15/h3-11,17,19H,2,12-14H2,1H3. The number of benzene rings is 2. The van der Waals surface area contributed by atoms with Crippen LogP contribution in [0.4, 0.5) is 5.69 Å². The Morgan fingerprint density at radius 1 is 1.00 bits per heavy atom. The van der Waals surface area contributed by atoms with Gasteiger partial charge >= 0.3 is 0 Å². The van der Waals surface area contributed by atoms with Crippen molar-refractivity contribution >= 4 is 5.69 Å². The third-order valence-corrected chi connectivity index (χ3v) is 4.05. The van der Waals surface area contributed by atoms with Crippen LogP contribution >= 0.6 is 0 Å². The summed E-state index contributed by atoms with van der Waals surface area (Å²) in [5, 5.41) is 3.42. The number of hydrogen-bond acceptors (Lipinski definition) is 2. The molecule has 0 saturated carbocycles. The van der Waals surface area contributed by atoms with Crippen molar-refractivity contribution in [1.82, 2.24) is 5.32 Å². The molecular weight excluding hydrogens is 244 g/mol. The highest BCUT2D eigenvalue weighted by molar-refractivity contribution is 5.56. The molecule has 104 valence electrons. The first-order chi connectivity index (χ1) is 9.88. The van der Waals surface area contributed by atoms with Gasteiger partial charge in [-0.05, 0) is 23.7 Å². The number of nitrogens with zero attached hydrogens (tertiary/aromatic N) is 1. The molecule has 1 N–H and O–H groups in total. The van der Waals surface area contributed by atoms with E-state index >= 15 is 0 Å². The highest BCUT2D eigenvalue weighted by Crippen LogP contribution is 2.33. The Labute approximate surface area is 121 Å². The van der Waals surface area contributed by atoms with E-state index < -0.39 is 0 Å². The molecule has 2 aromatic rings. The van der Waals surface area contributed by atoms with Crippen molar-refractivity contribution in [1.29, 1.82) is 0 Å². The second-order valence-corrected chi connectivity index (χ2v) is 5.42. The zero-order chi connectivity index (χ0) is 13.8. The Hall–Kier alpha value is -1.80. The lowest BCUT2D eigenvalue weighted by Gasteiger charge is -2.42. The second kappa shape index (κ2) is 6.10. The molecule has 20 heavy (non-hydrogen) atoms. The van der Waals surface area contributed by atoms with E-state index in [-0.39, 0.29) is 0 Å². The van der Waals surface area contributed by atoms with Gasteiger partial charge in [0.15, 0.2) is 0 Å². The van der Waals surface area contributed by atoms with Gasteiger partial charge in [-0.25, -0.2) is 0 Å². The molecule has 2 aromatic carbocycles. The lowest BCUT2D eigenvalue weighted by Crippen LogP contribution is -2.45. The Morgan fingerprint density at radius 2 is 1.70 bits per heavy atom. The van der Waals surface area contributed by atoms with Crippen LogP contribution in [0.5, 0.6) is 0 Å². The number of hydrogen-bond donors (Lipinski definition) is 1. The predicted octanol–water partition coefficient (Wildman–Crippen LogP) is 3.40. The molecule has 3 rings (SSSR count). The van der Waals surface area contributed by atoms with E-state index in [0.29, 0.717) is 5.92 Å². The first-order valence-corrected chi connectivity index (χ1v) is 7.47. The molecule has 0 bridgehead atoms. The first kappa shape index (κ1) is 13.2. The molecule has 0 aliphatic carbocycles. The summed E-state index contributed by atoms with van der Waals surface area (Å²) in [4.78, 5) is 2.49.